The molecule has 0 heterocycles. The molecule has 1 fully saturated rings. The second-order valence-corrected chi connectivity index (χ2v) is 7.32. The molecule has 1 aliphatic rings. The van der Waals surface area contributed by atoms with Crippen molar-refractivity contribution in [2.24, 2.45) is 5.73 Å². The van der Waals surface area contributed by atoms with Crippen molar-refractivity contribution in [3.8, 4) is 0 Å². The van der Waals surface area contributed by atoms with Crippen LogP contribution in [0.3, 0.4) is 0 Å². The minimum Gasteiger partial charge on any atom is -0.474 e. The van der Waals surface area contributed by atoms with E-state index in [0.29, 0.717) is 36.0 Å². The fourth-order valence-corrected chi connectivity index (χ4v) is 3.35. The highest BCUT2D eigenvalue weighted by Gasteiger charge is 2.30. The predicted molar refractivity (Wildman–Crippen MR) is 114 cm³/mol. The van der Waals surface area contributed by atoms with E-state index in [1.54, 1.807) is 12.1 Å². The zero-order valence-corrected chi connectivity index (χ0v) is 18.0. The Morgan fingerprint density at radius 3 is 2.71 bits per heavy atom. The number of hydrogen-bond donors (Lipinski definition) is 4. The smallest absolute Gasteiger partial charge is 0.184 e. The van der Waals surface area contributed by atoms with E-state index in [2.05, 4.69) is 10.6 Å². The van der Waals surface area contributed by atoms with Crippen LogP contribution in [0.1, 0.15) is 51.5 Å². The fourth-order valence-electron chi connectivity index (χ4n) is 3.16. The number of likely N-dealkylation sites (N-methyl/N-ethyl adjacent to an activating group) is 1. The van der Waals surface area contributed by atoms with Gasteiger partial charge in [0.25, 0.3) is 0 Å². The lowest BCUT2D eigenvalue weighted by atomic mass is 9.98. The first-order valence-corrected chi connectivity index (χ1v) is 10.4. The third-order valence-electron chi connectivity index (χ3n) is 4.62. The lowest BCUT2D eigenvalue weighted by molar-refractivity contribution is 0.0380. The molecule has 28 heavy (non-hydrogen) atoms. The average molecular weight is 416 g/mol. The third-order valence-corrected chi connectivity index (χ3v) is 4.86. The Labute approximate surface area is 173 Å². The number of nitrogens with two attached hydrogens (primary N) is 1. The molecule has 0 bridgehead atoms. The number of aliphatic hydroxyl groups is 1. The van der Waals surface area contributed by atoms with Crippen molar-refractivity contribution in [2.45, 2.75) is 64.2 Å². The van der Waals surface area contributed by atoms with Crippen molar-refractivity contribution < 1.29 is 14.2 Å². The first kappa shape index (κ1) is 24.7. The van der Waals surface area contributed by atoms with Crippen molar-refractivity contribution in [1.29, 1.82) is 0 Å². The van der Waals surface area contributed by atoms with Crippen LogP contribution in [0.2, 0.25) is 5.02 Å². The van der Waals surface area contributed by atoms with Gasteiger partial charge >= 0.3 is 0 Å². The Kier molecular flexibility index (Phi) is 11.5. The second kappa shape index (κ2) is 13.0. The summed E-state index contributed by atoms with van der Waals surface area (Å²) in [5, 5.41) is 17.1. The van der Waals surface area contributed by atoms with Crippen LogP contribution in [-0.4, -0.2) is 36.9 Å². The molecule has 7 heteroatoms. The molecule has 0 saturated heterocycles. The van der Waals surface area contributed by atoms with Crippen LogP contribution in [-0.2, 0) is 11.3 Å². The van der Waals surface area contributed by atoms with E-state index in [0.717, 1.165) is 25.7 Å². The molecular weight excluding hydrogens is 381 g/mol. The Morgan fingerprint density at radius 1 is 1.39 bits per heavy atom. The summed E-state index contributed by atoms with van der Waals surface area (Å²) in [5.41, 5.74) is 5.81. The molecule has 0 radical (unpaired) electrons. The fraction of sp³-hybridized carbons (Fsp3) is 0.619. The molecule has 2 rings (SSSR count). The largest absolute Gasteiger partial charge is 0.474 e. The summed E-state index contributed by atoms with van der Waals surface area (Å²) < 4.78 is 19.6. The first-order valence-electron chi connectivity index (χ1n) is 10.1. The zero-order valence-electron chi connectivity index (χ0n) is 17.2. The summed E-state index contributed by atoms with van der Waals surface area (Å²) in [5.74, 6) is 0.113. The highest BCUT2D eigenvalue weighted by atomic mass is 35.5. The van der Waals surface area contributed by atoms with Gasteiger partial charge in [0, 0.05) is 29.7 Å². The topological polar surface area (TPSA) is 79.5 Å². The maximum absolute atomic E-state index is 13.9. The molecule has 0 aromatic heterocycles. The van der Waals surface area contributed by atoms with Crippen molar-refractivity contribution in [3.05, 3.63) is 46.6 Å². The normalized spacial score (nSPS) is 16.9. The minimum absolute atomic E-state index is 0.0434. The maximum atomic E-state index is 13.9. The predicted octanol–water partition coefficient (Wildman–Crippen LogP) is 3.69. The standard InChI is InChI=1S/C19H29ClFN3O2.C2H6/c1-23-12-16(22)11-18(24-9-8-19(25)6-2-3-7-19)26-13-14-10-15(20)4-5-17(14)21;1-2/h4-5,10-11,16,23-25H,2-3,6-9,12-13,22H2,1H3;1-2H3/b18-11+;. The molecule has 5 nitrogen and oxygen atoms in total. The molecule has 160 valence electrons. The Morgan fingerprint density at radius 2 is 2.07 bits per heavy atom. The van der Waals surface area contributed by atoms with E-state index in [4.69, 9.17) is 22.1 Å². The highest BCUT2D eigenvalue weighted by Crippen LogP contribution is 2.31. The van der Waals surface area contributed by atoms with Gasteiger partial charge in [0.1, 0.15) is 12.4 Å². The number of nitrogens with one attached hydrogen (secondary N) is 2. The van der Waals surface area contributed by atoms with Gasteiger partial charge in [-0.2, -0.15) is 0 Å². The molecule has 1 aromatic rings. The van der Waals surface area contributed by atoms with E-state index in [1.165, 1.54) is 12.1 Å². The molecule has 1 atom stereocenters. The molecule has 0 amide bonds. The van der Waals surface area contributed by atoms with Gasteiger partial charge in [-0.25, -0.2) is 4.39 Å². The summed E-state index contributed by atoms with van der Waals surface area (Å²) in [6, 6.07) is 4.12. The quantitative estimate of drug-likeness (QED) is 0.438. The van der Waals surface area contributed by atoms with E-state index >= 15 is 0 Å². The molecule has 1 aliphatic carbocycles. The van der Waals surface area contributed by atoms with Crippen molar-refractivity contribution in [2.75, 3.05) is 20.1 Å². The van der Waals surface area contributed by atoms with Gasteiger partial charge in [0.2, 0.25) is 0 Å². The van der Waals surface area contributed by atoms with Crippen LogP contribution < -0.4 is 16.4 Å². The lowest BCUT2D eigenvalue weighted by Crippen LogP contribution is -2.33. The molecule has 0 spiro atoms. The number of hydrogen-bond acceptors (Lipinski definition) is 5. The highest BCUT2D eigenvalue weighted by molar-refractivity contribution is 6.30. The van der Waals surface area contributed by atoms with Gasteiger partial charge in [-0.05, 0) is 50.6 Å². The molecule has 1 aromatic carbocycles. The Hall–Kier alpha value is -1.34. The van der Waals surface area contributed by atoms with Gasteiger partial charge in [-0.3, -0.25) is 0 Å². The van der Waals surface area contributed by atoms with Crippen LogP contribution >= 0.6 is 11.6 Å². The van der Waals surface area contributed by atoms with E-state index in [9.17, 15) is 9.50 Å². The molecule has 1 saturated carbocycles. The molecular formula is C21H35ClFN3O2. The van der Waals surface area contributed by atoms with E-state index < -0.39 is 5.60 Å². The first-order chi connectivity index (χ1) is 13.4. The Bertz CT molecular complexity index is 607. The summed E-state index contributed by atoms with van der Waals surface area (Å²) >= 11 is 5.92. The van der Waals surface area contributed by atoms with Crippen LogP contribution in [0.4, 0.5) is 4.39 Å². The van der Waals surface area contributed by atoms with E-state index in [-0.39, 0.29) is 18.5 Å². The molecule has 5 N–H and O–H groups in total. The van der Waals surface area contributed by atoms with Crippen LogP contribution in [0.5, 0.6) is 0 Å². The summed E-state index contributed by atoms with van der Waals surface area (Å²) in [6.07, 6.45) is 6.20. The number of benzene rings is 1. The number of rotatable bonds is 10. The minimum atomic E-state index is -0.593. The van der Waals surface area contributed by atoms with Gasteiger partial charge < -0.3 is 26.2 Å². The second-order valence-electron chi connectivity index (χ2n) is 6.89. The summed E-state index contributed by atoms with van der Waals surface area (Å²) in [4.78, 5) is 0. The third kappa shape index (κ3) is 8.78. The van der Waals surface area contributed by atoms with Crippen LogP contribution in [0, 0.1) is 5.82 Å². The number of halogens is 2. The zero-order chi connectivity index (χ0) is 21.0. The summed E-state index contributed by atoms with van der Waals surface area (Å²) in [7, 11) is 1.82. The van der Waals surface area contributed by atoms with Gasteiger partial charge in [-0.15, -0.1) is 0 Å². The van der Waals surface area contributed by atoms with Gasteiger partial charge in [0.15, 0.2) is 5.88 Å². The van der Waals surface area contributed by atoms with Crippen LogP contribution in [0.15, 0.2) is 30.2 Å². The number of ether oxygens (including phenoxy) is 1. The summed E-state index contributed by atoms with van der Waals surface area (Å²) in [6.45, 7) is 5.19. The van der Waals surface area contributed by atoms with Crippen LogP contribution in [0.25, 0.3) is 0 Å². The molecule has 0 aliphatic heterocycles. The van der Waals surface area contributed by atoms with E-state index in [1.807, 2.05) is 20.9 Å². The van der Waals surface area contributed by atoms with Gasteiger partial charge in [-0.1, -0.05) is 38.3 Å². The van der Waals surface area contributed by atoms with Gasteiger partial charge in [0.05, 0.1) is 5.60 Å². The lowest BCUT2D eigenvalue weighted by Gasteiger charge is -2.23. The SMILES string of the molecule is CC.CNCC(N)/C=C(\NCCC1(O)CCCC1)OCc1cc(Cl)ccc1F. The van der Waals surface area contributed by atoms with Crippen molar-refractivity contribution >= 4 is 11.6 Å². The monoisotopic (exact) mass is 415 g/mol. The Balaban J connectivity index is 0.00000190. The molecule has 1 unspecified atom stereocenters. The van der Waals surface area contributed by atoms with Crippen molar-refractivity contribution in [1.82, 2.24) is 10.6 Å². The maximum Gasteiger partial charge on any atom is 0.184 e. The van der Waals surface area contributed by atoms with Crippen molar-refractivity contribution in [3.63, 3.8) is 0 Å². The average Bonchev–Trinajstić information content (AvgIpc) is 3.10.